The quantitative estimate of drug-likeness (QED) is 0.794. The molecule has 1 spiro atoms. The SMILES string of the molecule is Cc1ccc(C(=O)N2CCC3(CC2)CN(c2ccc(F)cc2)C(=O)CO3)s1. The molecule has 2 aliphatic rings. The average Bonchev–Trinajstić information content (AvgIpc) is 3.11. The van der Waals surface area contributed by atoms with Crippen LogP contribution in [0.1, 0.15) is 27.4 Å². The molecule has 7 heteroatoms. The van der Waals surface area contributed by atoms with Gasteiger partial charge in [0.05, 0.1) is 17.0 Å². The summed E-state index contributed by atoms with van der Waals surface area (Å²) in [6.07, 6.45) is 1.35. The van der Waals surface area contributed by atoms with Crippen molar-refractivity contribution < 1.29 is 18.7 Å². The molecular formula is C20H21FN2O3S. The molecule has 0 N–H and O–H groups in total. The van der Waals surface area contributed by atoms with Crippen LogP contribution < -0.4 is 4.90 Å². The van der Waals surface area contributed by atoms with Crippen LogP contribution in [0.2, 0.25) is 0 Å². The Kier molecular flexibility index (Phi) is 4.74. The Morgan fingerprint density at radius 1 is 1.15 bits per heavy atom. The summed E-state index contributed by atoms with van der Waals surface area (Å²) in [5.74, 6) is -0.394. The van der Waals surface area contributed by atoms with Crippen molar-refractivity contribution in [3.05, 3.63) is 52.0 Å². The number of halogens is 1. The van der Waals surface area contributed by atoms with Crippen molar-refractivity contribution in [2.45, 2.75) is 25.4 Å². The zero-order valence-corrected chi connectivity index (χ0v) is 15.9. The van der Waals surface area contributed by atoms with Gasteiger partial charge in [0.2, 0.25) is 0 Å². The molecule has 0 bridgehead atoms. The maximum Gasteiger partial charge on any atom is 0.263 e. The van der Waals surface area contributed by atoms with Crippen molar-refractivity contribution >= 4 is 28.8 Å². The standard InChI is InChI=1S/C20H21FN2O3S/c1-14-2-7-17(27-14)19(25)22-10-8-20(9-11-22)13-23(18(24)12-26-20)16-5-3-15(21)4-6-16/h2-7H,8-13H2,1H3. The van der Waals surface area contributed by atoms with Gasteiger partial charge in [0, 0.05) is 23.7 Å². The van der Waals surface area contributed by atoms with Gasteiger partial charge in [-0.2, -0.15) is 0 Å². The minimum Gasteiger partial charge on any atom is -0.363 e. The van der Waals surface area contributed by atoms with E-state index >= 15 is 0 Å². The predicted octanol–water partition coefficient (Wildman–Crippen LogP) is 3.23. The number of carbonyl (C=O) groups excluding carboxylic acids is 2. The third kappa shape index (κ3) is 3.61. The second-order valence-corrected chi connectivity index (χ2v) is 8.42. The van der Waals surface area contributed by atoms with Gasteiger partial charge in [-0.1, -0.05) is 0 Å². The Balaban J connectivity index is 1.45. The molecule has 2 aliphatic heterocycles. The predicted molar refractivity (Wildman–Crippen MR) is 102 cm³/mol. The summed E-state index contributed by atoms with van der Waals surface area (Å²) in [6.45, 7) is 3.62. The van der Waals surface area contributed by atoms with Crippen LogP contribution in [-0.2, 0) is 9.53 Å². The third-order valence-electron chi connectivity index (χ3n) is 5.30. The number of amides is 2. The molecule has 0 radical (unpaired) electrons. The van der Waals surface area contributed by atoms with Crippen LogP contribution in [0.15, 0.2) is 36.4 Å². The number of thiophene rings is 1. The van der Waals surface area contributed by atoms with E-state index < -0.39 is 5.60 Å². The fourth-order valence-corrected chi connectivity index (χ4v) is 4.53. The molecular weight excluding hydrogens is 367 g/mol. The van der Waals surface area contributed by atoms with E-state index in [1.807, 2.05) is 24.0 Å². The highest BCUT2D eigenvalue weighted by atomic mass is 32.1. The molecule has 2 aromatic rings. The van der Waals surface area contributed by atoms with Crippen molar-refractivity contribution in [1.82, 2.24) is 4.90 Å². The number of rotatable bonds is 2. The highest BCUT2D eigenvalue weighted by Crippen LogP contribution is 2.33. The fourth-order valence-electron chi connectivity index (χ4n) is 3.70. The highest BCUT2D eigenvalue weighted by Gasteiger charge is 2.43. The van der Waals surface area contributed by atoms with Gasteiger partial charge in [-0.05, 0) is 56.2 Å². The average molecular weight is 388 g/mol. The van der Waals surface area contributed by atoms with Gasteiger partial charge in [-0.3, -0.25) is 9.59 Å². The smallest absolute Gasteiger partial charge is 0.263 e. The molecule has 142 valence electrons. The van der Waals surface area contributed by atoms with Crippen molar-refractivity contribution in [3.8, 4) is 0 Å². The molecule has 2 saturated heterocycles. The normalized spacial score (nSPS) is 19.6. The Bertz CT molecular complexity index is 856. The van der Waals surface area contributed by atoms with Crippen LogP contribution >= 0.6 is 11.3 Å². The van der Waals surface area contributed by atoms with Crippen LogP contribution in [0.25, 0.3) is 0 Å². The molecule has 0 saturated carbocycles. The van der Waals surface area contributed by atoms with Crippen LogP contribution in [0, 0.1) is 12.7 Å². The molecule has 2 amide bonds. The molecule has 4 rings (SSSR count). The molecule has 0 aliphatic carbocycles. The minimum atomic E-state index is -0.454. The minimum absolute atomic E-state index is 0.00937. The second-order valence-electron chi connectivity index (χ2n) is 7.13. The number of hydrogen-bond acceptors (Lipinski definition) is 4. The number of morpholine rings is 1. The Morgan fingerprint density at radius 3 is 2.48 bits per heavy atom. The van der Waals surface area contributed by atoms with Crippen LogP contribution in [0.3, 0.4) is 0 Å². The lowest BCUT2D eigenvalue weighted by molar-refractivity contribution is -0.143. The Labute approximate surface area is 161 Å². The lowest BCUT2D eigenvalue weighted by Gasteiger charge is -2.46. The number of hydrogen-bond donors (Lipinski definition) is 0. The van der Waals surface area contributed by atoms with Gasteiger partial charge in [-0.25, -0.2) is 4.39 Å². The molecule has 1 aromatic carbocycles. The first-order valence-corrected chi connectivity index (χ1v) is 9.83. The summed E-state index contributed by atoms with van der Waals surface area (Å²) in [7, 11) is 0. The number of benzene rings is 1. The topological polar surface area (TPSA) is 49.9 Å². The summed E-state index contributed by atoms with van der Waals surface area (Å²) >= 11 is 1.51. The highest BCUT2D eigenvalue weighted by molar-refractivity contribution is 7.13. The number of anilines is 1. The van der Waals surface area contributed by atoms with E-state index in [-0.39, 0.29) is 24.2 Å². The number of piperidine rings is 1. The molecule has 27 heavy (non-hydrogen) atoms. The molecule has 5 nitrogen and oxygen atoms in total. The van der Waals surface area contributed by atoms with Crippen molar-refractivity contribution in [2.75, 3.05) is 31.1 Å². The second kappa shape index (κ2) is 7.05. The first-order chi connectivity index (χ1) is 13.0. The molecule has 2 fully saturated rings. The van der Waals surface area contributed by atoms with E-state index in [1.165, 1.54) is 23.5 Å². The largest absolute Gasteiger partial charge is 0.363 e. The zero-order chi connectivity index (χ0) is 19.0. The number of ether oxygens (including phenoxy) is 1. The van der Waals surface area contributed by atoms with Crippen LogP contribution in [0.5, 0.6) is 0 Å². The van der Waals surface area contributed by atoms with E-state index in [4.69, 9.17) is 4.74 Å². The number of aryl methyl sites for hydroxylation is 1. The molecule has 0 atom stereocenters. The summed E-state index contributed by atoms with van der Waals surface area (Å²) in [5.41, 5.74) is 0.224. The number of likely N-dealkylation sites (tertiary alicyclic amines) is 1. The van der Waals surface area contributed by atoms with Gasteiger partial charge in [0.25, 0.3) is 11.8 Å². The first kappa shape index (κ1) is 18.1. The first-order valence-electron chi connectivity index (χ1n) is 9.01. The monoisotopic (exact) mass is 388 g/mol. The molecule has 1 aromatic heterocycles. The number of nitrogens with zero attached hydrogens (tertiary/aromatic N) is 2. The van der Waals surface area contributed by atoms with E-state index in [2.05, 4.69) is 0 Å². The Hall–Kier alpha value is -2.25. The van der Waals surface area contributed by atoms with E-state index in [0.29, 0.717) is 38.2 Å². The van der Waals surface area contributed by atoms with E-state index in [9.17, 15) is 14.0 Å². The zero-order valence-electron chi connectivity index (χ0n) is 15.1. The third-order valence-corrected chi connectivity index (χ3v) is 6.29. The summed E-state index contributed by atoms with van der Waals surface area (Å²) in [6, 6.07) is 9.77. The maximum absolute atomic E-state index is 13.2. The molecule has 0 unspecified atom stereocenters. The van der Waals surface area contributed by atoms with E-state index in [0.717, 1.165) is 9.75 Å². The van der Waals surface area contributed by atoms with Gasteiger partial charge in [-0.15, -0.1) is 11.3 Å². The fraction of sp³-hybridized carbons (Fsp3) is 0.400. The molecule has 3 heterocycles. The van der Waals surface area contributed by atoms with Crippen molar-refractivity contribution in [3.63, 3.8) is 0 Å². The van der Waals surface area contributed by atoms with Crippen LogP contribution in [-0.4, -0.2) is 48.6 Å². The van der Waals surface area contributed by atoms with Gasteiger partial charge in [0.1, 0.15) is 12.4 Å². The van der Waals surface area contributed by atoms with Crippen molar-refractivity contribution in [2.24, 2.45) is 0 Å². The van der Waals surface area contributed by atoms with E-state index in [1.54, 1.807) is 17.0 Å². The lowest BCUT2D eigenvalue weighted by Crippen LogP contribution is -2.59. The maximum atomic E-state index is 13.2. The lowest BCUT2D eigenvalue weighted by atomic mass is 9.89. The van der Waals surface area contributed by atoms with Crippen LogP contribution in [0.4, 0.5) is 10.1 Å². The summed E-state index contributed by atoms with van der Waals surface area (Å²) in [5, 5.41) is 0. The van der Waals surface area contributed by atoms with Crippen molar-refractivity contribution in [1.29, 1.82) is 0 Å². The Morgan fingerprint density at radius 2 is 1.85 bits per heavy atom. The van der Waals surface area contributed by atoms with Gasteiger partial charge in [0.15, 0.2) is 0 Å². The summed E-state index contributed by atoms with van der Waals surface area (Å²) < 4.78 is 19.1. The summed E-state index contributed by atoms with van der Waals surface area (Å²) in [4.78, 5) is 30.4. The van der Waals surface area contributed by atoms with Gasteiger partial charge >= 0.3 is 0 Å². The number of carbonyl (C=O) groups is 2. The van der Waals surface area contributed by atoms with Gasteiger partial charge < -0.3 is 14.5 Å².